The molecule has 0 radical (unpaired) electrons. The molecule has 8 heteroatoms. The van der Waals surface area contributed by atoms with Gasteiger partial charge in [0.05, 0.1) is 23.9 Å². The van der Waals surface area contributed by atoms with Gasteiger partial charge >= 0.3 is 5.97 Å². The summed E-state index contributed by atoms with van der Waals surface area (Å²) in [6.45, 7) is 1.88. The molecule has 7 nitrogen and oxygen atoms in total. The summed E-state index contributed by atoms with van der Waals surface area (Å²) in [4.78, 5) is 34.8. The first kappa shape index (κ1) is 18.8. The van der Waals surface area contributed by atoms with Crippen molar-refractivity contribution >= 4 is 33.4 Å². The standard InChI is InChI=1S/C19H19N3O4S/c1-12(26-19(24)13-7-6-10-20-17(13)25-3)18(23)22(2)11-16-21-14-8-4-5-9-15(14)27-16/h4-10,12H,11H2,1-3H3. The van der Waals surface area contributed by atoms with E-state index >= 15 is 0 Å². The first-order valence-corrected chi connectivity index (χ1v) is 9.10. The van der Waals surface area contributed by atoms with Gasteiger partial charge in [-0.25, -0.2) is 14.8 Å². The highest BCUT2D eigenvalue weighted by Gasteiger charge is 2.24. The van der Waals surface area contributed by atoms with Crippen molar-refractivity contribution in [2.75, 3.05) is 14.2 Å². The summed E-state index contributed by atoms with van der Waals surface area (Å²) in [5.74, 6) is -0.815. The van der Waals surface area contributed by atoms with Gasteiger partial charge in [0.1, 0.15) is 10.6 Å². The number of amides is 1. The van der Waals surface area contributed by atoms with E-state index in [1.807, 2.05) is 24.3 Å². The maximum atomic E-state index is 12.6. The van der Waals surface area contributed by atoms with E-state index in [0.717, 1.165) is 15.2 Å². The summed E-state index contributed by atoms with van der Waals surface area (Å²) >= 11 is 1.53. The Morgan fingerprint density at radius 1 is 1.22 bits per heavy atom. The van der Waals surface area contributed by atoms with Crippen LogP contribution in [0.4, 0.5) is 0 Å². The number of hydrogen-bond donors (Lipinski definition) is 0. The van der Waals surface area contributed by atoms with Crippen LogP contribution >= 0.6 is 11.3 Å². The van der Waals surface area contributed by atoms with E-state index in [-0.39, 0.29) is 17.4 Å². The average Bonchev–Trinajstić information content (AvgIpc) is 3.09. The zero-order valence-electron chi connectivity index (χ0n) is 15.2. The first-order valence-electron chi connectivity index (χ1n) is 8.29. The Morgan fingerprint density at radius 2 is 2.00 bits per heavy atom. The van der Waals surface area contributed by atoms with Crippen LogP contribution in [-0.4, -0.2) is 47.0 Å². The molecule has 0 spiro atoms. The highest BCUT2D eigenvalue weighted by molar-refractivity contribution is 7.18. The Morgan fingerprint density at radius 3 is 2.74 bits per heavy atom. The summed E-state index contributed by atoms with van der Waals surface area (Å²) in [5, 5.41) is 0.819. The normalized spacial score (nSPS) is 11.8. The molecule has 1 unspecified atom stereocenters. The topological polar surface area (TPSA) is 81.6 Å². The van der Waals surface area contributed by atoms with Crippen molar-refractivity contribution in [3.8, 4) is 5.88 Å². The molecule has 140 valence electrons. The number of ether oxygens (including phenoxy) is 2. The van der Waals surface area contributed by atoms with Crippen LogP contribution < -0.4 is 4.74 Å². The van der Waals surface area contributed by atoms with Crippen molar-refractivity contribution in [1.82, 2.24) is 14.9 Å². The lowest BCUT2D eigenvalue weighted by molar-refractivity contribution is -0.139. The van der Waals surface area contributed by atoms with Crippen LogP contribution in [0.2, 0.25) is 0 Å². The van der Waals surface area contributed by atoms with Gasteiger partial charge in [0.15, 0.2) is 6.10 Å². The lowest BCUT2D eigenvalue weighted by Gasteiger charge is -2.20. The molecule has 27 heavy (non-hydrogen) atoms. The average molecular weight is 385 g/mol. The zero-order chi connectivity index (χ0) is 19.4. The number of rotatable bonds is 6. The summed E-state index contributed by atoms with van der Waals surface area (Å²) in [6.07, 6.45) is 0.567. The summed E-state index contributed by atoms with van der Waals surface area (Å²) < 4.78 is 11.4. The molecule has 0 fully saturated rings. The number of carbonyl (C=O) groups excluding carboxylic acids is 2. The van der Waals surface area contributed by atoms with E-state index in [1.54, 1.807) is 13.1 Å². The van der Waals surface area contributed by atoms with Gasteiger partial charge in [-0.1, -0.05) is 12.1 Å². The van der Waals surface area contributed by atoms with Crippen molar-refractivity contribution < 1.29 is 19.1 Å². The van der Waals surface area contributed by atoms with Crippen LogP contribution in [0.15, 0.2) is 42.6 Å². The fraction of sp³-hybridized carbons (Fsp3) is 0.263. The number of thiazole rings is 1. The molecule has 0 saturated heterocycles. The van der Waals surface area contributed by atoms with Gasteiger partial charge in [0, 0.05) is 13.2 Å². The zero-order valence-corrected chi connectivity index (χ0v) is 16.0. The maximum Gasteiger partial charge on any atom is 0.344 e. The van der Waals surface area contributed by atoms with Crippen LogP contribution in [0.1, 0.15) is 22.3 Å². The molecule has 1 amide bonds. The van der Waals surface area contributed by atoms with Crippen molar-refractivity contribution in [2.24, 2.45) is 0 Å². The lowest BCUT2D eigenvalue weighted by atomic mass is 10.2. The predicted molar refractivity (Wildman–Crippen MR) is 102 cm³/mol. The largest absolute Gasteiger partial charge is 0.480 e. The molecule has 3 rings (SSSR count). The highest BCUT2D eigenvalue weighted by Crippen LogP contribution is 2.23. The SMILES string of the molecule is COc1ncccc1C(=O)OC(C)C(=O)N(C)Cc1nc2ccccc2s1. The van der Waals surface area contributed by atoms with Crippen molar-refractivity contribution in [3.05, 3.63) is 53.2 Å². The molecule has 2 aromatic heterocycles. The number of para-hydroxylation sites is 1. The van der Waals surface area contributed by atoms with E-state index in [4.69, 9.17) is 9.47 Å². The molecule has 0 aliphatic rings. The molecule has 0 aliphatic heterocycles. The van der Waals surface area contributed by atoms with Gasteiger partial charge in [0.2, 0.25) is 5.88 Å². The van der Waals surface area contributed by atoms with Crippen LogP contribution in [0.5, 0.6) is 5.88 Å². The number of nitrogens with zero attached hydrogens (tertiary/aromatic N) is 3. The Hall–Kier alpha value is -3.00. The fourth-order valence-corrected chi connectivity index (χ4v) is 3.58. The number of methoxy groups -OCH3 is 1. The number of pyridine rings is 1. The third-order valence-electron chi connectivity index (χ3n) is 3.90. The fourth-order valence-electron chi connectivity index (χ4n) is 2.56. The second-order valence-corrected chi connectivity index (χ2v) is 6.99. The van der Waals surface area contributed by atoms with Gasteiger partial charge < -0.3 is 14.4 Å². The minimum Gasteiger partial charge on any atom is -0.480 e. The quantitative estimate of drug-likeness (QED) is 0.607. The molecule has 0 N–H and O–H groups in total. The number of fused-ring (bicyclic) bond motifs is 1. The molecule has 1 aromatic carbocycles. The predicted octanol–water partition coefficient (Wildman–Crippen LogP) is 2.90. The number of likely N-dealkylation sites (N-methyl/N-ethyl adjacent to an activating group) is 1. The molecule has 2 heterocycles. The van der Waals surface area contributed by atoms with E-state index in [0.29, 0.717) is 6.54 Å². The molecule has 1 atom stereocenters. The number of benzene rings is 1. The highest BCUT2D eigenvalue weighted by atomic mass is 32.1. The monoisotopic (exact) mass is 385 g/mol. The van der Waals surface area contributed by atoms with Gasteiger partial charge in [-0.2, -0.15) is 0 Å². The second-order valence-electron chi connectivity index (χ2n) is 5.88. The number of aromatic nitrogens is 2. The van der Waals surface area contributed by atoms with Gasteiger partial charge in [-0.15, -0.1) is 11.3 Å². The van der Waals surface area contributed by atoms with Crippen molar-refractivity contribution in [2.45, 2.75) is 19.6 Å². The van der Waals surface area contributed by atoms with Gasteiger partial charge in [-0.05, 0) is 31.2 Å². The third-order valence-corrected chi connectivity index (χ3v) is 4.92. The lowest BCUT2D eigenvalue weighted by Crippen LogP contribution is -2.37. The van der Waals surface area contributed by atoms with Crippen LogP contribution in [0, 0.1) is 0 Å². The van der Waals surface area contributed by atoms with Crippen molar-refractivity contribution in [1.29, 1.82) is 0 Å². The molecule has 0 saturated carbocycles. The third kappa shape index (κ3) is 4.22. The summed E-state index contributed by atoms with van der Waals surface area (Å²) in [6, 6.07) is 10.9. The minimum atomic E-state index is -0.943. The van der Waals surface area contributed by atoms with E-state index in [2.05, 4.69) is 9.97 Å². The molecule has 0 aliphatic carbocycles. The maximum absolute atomic E-state index is 12.6. The Labute approximate surface area is 160 Å². The van der Waals surface area contributed by atoms with Crippen molar-refractivity contribution in [3.63, 3.8) is 0 Å². The first-order chi connectivity index (χ1) is 13.0. The number of carbonyl (C=O) groups is 2. The number of hydrogen-bond acceptors (Lipinski definition) is 7. The summed E-state index contributed by atoms with van der Waals surface area (Å²) in [5.41, 5.74) is 1.08. The smallest absolute Gasteiger partial charge is 0.344 e. The second kappa shape index (κ2) is 8.13. The Kier molecular flexibility index (Phi) is 5.66. The number of esters is 1. The summed E-state index contributed by atoms with van der Waals surface area (Å²) in [7, 11) is 3.07. The molecule has 3 aromatic rings. The van der Waals surface area contributed by atoms with E-state index in [1.165, 1.54) is 42.5 Å². The van der Waals surface area contributed by atoms with Crippen LogP contribution in [0.25, 0.3) is 10.2 Å². The Balaban J connectivity index is 1.64. The molecular weight excluding hydrogens is 366 g/mol. The Bertz CT molecular complexity index is 939. The van der Waals surface area contributed by atoms with E-state index in [9.17, 15) is 9.59 Å². The molecular formula is C19H19N3O4S. The van der Waals surface area contributed by atoms with Gasteiger partial charge in [0.25, 0.3) is 5.91 Å². The van der Waals surface area contributed by atoms with Crippen LogP contribution in [-0.2, 0) is 16.1 Å². The van der Waals surface area contributed by atoms with E-state index < -0.39 is 12.1 Å². The minimum absolute atomic E-state index is 0.157. The van der Waals surface area contributed by atoms with Gasteiger partial charge in [-0.3, -0.25) is 4.79 Å². The van der Waals surface area contributed by atoms with Crippen LogP contribution in [0.3, 0.4) is 0 Å². The molecule has 0 bridgehead atoms.